The van der Waals surface area contributed by atoms with Crippen LogP contribution in [0.2, 0.25) is 0 Å². The van der Waals surface area contributed by atoms with Crippen molar-refractivity contribution in [2.24, 2.45) is 0 Å². The second kappa shape index (κ2) is 6.54. The molecule has 0 aliphatic heterocycles. The van der Waals surface area contributed by atoms with Crippen molar-refractivity contribution in [1.29, 1.82) is 0 Å². The molecule has 112 valence electrons. The van der Waals surface area contributed by atoms with E-state index in [1.165, 1.54) is 0 Å². The highest BCUT2D eigenvalue weighted by Gasteiger charge is 2.18. The Balaban J connectivity index is 3.10. The van der Waals surface area contributed by atoms with E-state index in [1.54, 1.807) is 19.0 Å². The Morgan fingerprint density at radius 2 is 1.70 bits per heavy atom. The van der Waals surface area contributed by atoms with E-state index < -0.39 is 0 Å². The van der Waals surface area contributed by atoms with Gasteiger partial charge in [-0.1, -0.05) is 13.8 Å². The third kappa shape index (κ3) is 3.59. The van der Waals surface area contributed by atoms with Gasteiger partial charge in [0.1, 0.15) is 23.5 Å². The van der Waals surface area contributed by atoms with Gasteiger partial charge in [-0.05, 0) is 13.8 Å². The van der Waals surface area contributed by atoms with Gasteiger partial charge in [-0.15, -0.1) is 0 Å². The Kier molecular flexibility index (Phi) is 5.30. The number of rotatable bonds is 5. The first kappa shape index (κ1) is 16.2. The number of carbonyl (C=O) groups excluding carboxylic acids is 1. The highest BCUT2D eigenvalue weighted by molar-refractivity contribution is 5.84. The van der Waals surface area contributed by atoms with Gasteiger partial charge in [-0.3, -0.25) is 4.79 Å². The molecule has 1 unspecified atom stereocenters. The van der Waals surface area contributed by atoms with Gasteiger partial charge in [0.15, 0.2) is 0 Å². The Bertz CT molecular complexity index is 485. The van der Waals surface area contributed by atoms with E-state index in [0.717, 1.165) is 17.2 Å². The van der Waals surface area contributed by atoms with Crippen LogP contribution in [0.4, 0.5) is 11.6 Å². The molecule has 0 radical (unpaired) electrons. The zero-order valence-electron chi connectivity index (χ0n) is 13.4. The molecule has 2 N–H and O–H groups in total. The molecule has 6 nitrogen and oxygen atoms in total. The van der Waals surface area contributed by atoms with Gasteiger partial charge in [0.25, 0.3) is 0 Å². The first-order valence-electron chi connectivity index (χ1n) is 6.81. The fourth-order valence-corrected chi connectivity index (χ4v) is 1.83. The van der Waals surface area contributed by atoms with Gasteiger partial charge in [0.05, 0.1) is 0 Å². The molecule has 1 aromatic rings. The Morgan fingerprint density at radius 3 is 2.15 bits per heavy atom. The fourth-order valence-electron chi connectivity index (χ4n) is 1.83. The molecule has 1 aromatic heterocycles. The minimum atomic E-state index is -0.330. The van der Waals surface area contributed by atoms with Crippen LogP contribution in [0.3, 0.4) is 0 Å². The molecule has 0 bridgehead atoms. The summed E-state index contributed by atoms with van der Waals surface area (Å²) in [6.07, 6.45) is 0. The maximum atomic E-state index is 11.9. The zero-order valence-corrected chi connectivity index (χ0v) is 13.4. The molecule has 1 rings (SSSR count). The molecule has 0 fully saturated rings. The minimum Gasteiger partial charge on any atom is -0.373 e. The summed E-state index contributed by atoms with van der Waals surface area (Å²) in [6, 6.07) is -0.330. The van der Waals surface area contributed by atoms with Crippen molar-refractivity contribution in [1.82, 2.24) is 14.9 Å². The average molecular weight is 279 g/mol. The first-order chi connectivity index (χ1) is 9.27. The van der Waals surface area contributed by atoms with Crippen molar-refractivity contribution in [3.8, 4) is 0 Å². The fraction of sp³-hybridized carbons (Fsp3) is 0.643. The molecular formula is C14H25N5O. The molecule has 0 spiro atoms. The second-order valence-corrected chi connectivity index (χ2v) is 5.41. The smallest absolute Gasteiger partial charge is 0.244 e. The van der Waals surface area contributed by atoms with E-state index in [0.29, 0.717) is 5.82 Å². The highest BCUT2D eigenvalue weighted by atomic mass is 16.2. The second-order valence-electron chi connectivity index (χ2n) is 5.41. The summed E-state index contributed by atoms with van der Waals surface area (Å²) in [6.45, 7) is 7.85. The molecule has 1 heterocycles. The van der Waals surface area contributed by atoms with E-state index >= 15 is 0 Å². The first-order valence-corrected chi connectivity index (χ1v) is 6.81. The van der Waals surface area contributed by atoms with Crippen molar-refractivity contribution < 1.29 is 4.79 Å². The van der Waals surface area contributed by atoms with E-state index in [9.17, 15) is 4.79 Å². The van der Waals surface area contributed by atoms with Gasteiger partial charge in [0.2, 0.25) is 5.91 Å². The number of hydrogen-bond acceptors (Lipinski definition) is 5. The summed E-state index contributed by atoms with van der Waals surface area (Å²) in [5.41, 5.74) is 0.912. The predicted octanol–water partition coefficient (Wildman–Crippen LogP) is 1.84. The standard InChI is InChI=1S/C14H25N5O/c1-8(2)11-17-12(15-5)9(3)13(18-11)16-10(4)14(20)19(6)7/h8,10H,1-7H3,(H2,15,16,17,18). The monoisotopic (exact) mass is 279 g/mol. The SMILES string of the molecule is CNc1nc(C(C)C)nc(NC(C)C(=O)N(C)C)c1C. The molecule has 0 saturated carbocycles. The summed E-state index contributed by atoms with van der Waals surface area (Å²) in [5, 5.41) is 6.25. The summed E-state index contributed by atoms with van der Waals surface area (Å²) < 4.78 is 0. The summed E-state index contributed by atoms with van der Waals surface area (Å²) in [7, 11) is 5.31. The lowest BCUT2D eigenvalue weighted by Gasteiger charge is -2.21. The maximum absolute atomic E-state index is 11.9. The Morgan fingerprint density at radius 1 is 1.15 bits per heavy atom. The molecule has 1 atom stereocenters. The number of carbonyl (C=O) groups is 1. The Hall–Kier alpha value is -1.85. The van der Waals surface area contributed by atoms with E-state index in [4.69, 9.17) is 0 Å². The summed E-state index contributed by atoms with van der Waals surface area (Å²) in [5.74, 6) is 2.49. The number of aromatic nitrogens is 2. The summed E-state index contributed by atoms with van der Waals surface area (Å²) in [4.78, 5) is 22.5. The van der Waals surface area contributed by atoms with Gasteiger partial charge in [-0.2, -0.15) is 0 Å². The number of anilines is 2. The van der Waals surface area contributed by atoms with Crippen LogP contribution < -0.4 is 10.6 Å². The topological polar surface area (TPSA) is 70.1 Å². The van der Waals surface area contributed by atoms with Crippen LogP contribution in [0.1, 0.15) is 38.1 Å². The number of amides is 1. The van der Waals surface area contributed by atoms with Gasteiger partial charge < -0.3 is 15.5 Å². The molecule has 20 heavy (non-hydrogen) atoms. The van der Waals surface area contributed by atoms with Crippen LogP contribution in [-0.4, -0.2) is 48.0 Å². The van der Waals surface area contributed by atoms with Crippen molar-refractivity contribution >= 4 is 17.5 Å². The van der Waals surface area contributed by atoms with Crippen molar-refractivity contribution in [2.75, 3.05) is 31.8 Å². The quantitative estimate of drug-likeness (QED) is 0.860. The van der Waals surface area contributed by atoms with Crippen molar-refractivity contribution in [2.45, 2.75) is 39.7 Å². The third-order valence-electron chi connectivity index (χ3n) is 3.08. The van der Waals surface area contributed by atoms with E-state index in [-0.39, 0.29) is 17.9 Å². The van der Waals surface area contributed by atoms with Crippen molar-refractivity contribution in [3.63, 3.8) is 0 Å². The van der Waals surface area contributed by atoms with Crippen LogP contribution in [0.5, 0.6) is 0 Å². The average Bonchev–Trinajstić information content (AvgIpc) is 2.39. The maximum Gasteiger partial charge on any atom is 0.244 e. The van der Waals surface area contributed by atoms with E-state index in [2.05, 4.69) is 20.6 Å². The number of nitrogens with one attached hydrogen (secondary N) is 2. The largest absolute Gasteiger partial charge is 0.373 e. The molecule has 0 aliphatic rings. The van der Waals surface area contributed by atoms with Crippen LogP contribution in [0, 0.1) is 6.92 Å². The molecule has 0 aromatic carbocycles. The molecule has 0 aliphatic carbocycles. The molecule has 0 saturated heterocycles. The van der Waals surface area contributed by atoms with Gasteiger partial charge >= 0.3 is 0 Å². The van der Waals surface area contributed by atoms with Crippen LogP contribution in [0.25, 0.3) is 0 Å². The van der Waals surface area contributed by atoms with Gasteiger partial charge in [0, 0.05) is 32.6 Å². The summed E-state index contributed by atoms with van der Waals surface area (Å²) >= 11 is 0. The zero-order chi connectivity index (χ0) is 15.4. The van der Waals surface area contributed by atoms with Crippen molar-refractivity contribution in [3.05, 3.63) is 11.4 Å². The lowest BCUT2D eigenvalue weighted by Crippen LogP contribution is -2.37. The van der Waals surface area contributed by atoms with Crippen LogP contribution >= 0.6 is 0 Å². The van der Waals surface area contributed by atoms with Crippen LogP contribution in [-0.2, 0) is 4.79 Å². The normalized spacial score (nSPS) is 12.2. The minimum absolute atomic E-state index is 0.0140. The number of hydrogen-bond donors (Lipinski definition) is 2. The van der Waals surface area contributed by atoms with E-state index in [1.807, 2.05) is 34.7 Å². The molecular weight excluding hydrogens is 254 g/mol. The highest BCUT2D eigenvalue weighted by Crippen LogP contribution is 2.23. The molecule has 1 amide bonds. The lowest BCUT2D eigenvalue weighted by atomic mass is 10.2. The van der Waals surface area contributed by atoms with Crippen LogP contribution in [0.15, 0.2) is 0 Å². The molecule has 6 heteroatoms. The number of likely N-dealkylation sites (N-methyl/N-ethyl adjacent to an activating group) is 1. The van der Waals surface area contributed by atoms with Gasteiger partial charge in [-0.25, -0.2) is 9.97 Å². The third-order valence-corrected chi connectivity index (χ3v) is 3.08. The predicted molar refractivity (Wildman–Crippen MR) is 82.2 cm³/mol. The lowest BCUT2D eigenvalue weighted by molar-refractivity contribution is -0.129. The number of nitrogens with zero attached hydrogens (tertiary/aromatic N) is 3. The Labute approximate surface area is 121 Å².